The number of unbranched alkanes of at least 4 members (excludes halogenated alkanes) is 56. The summed E-state index contributed by atoms with van der Waals surface area (Å²) < 4.78 is 5.49. The van der Waals surface area contributed by atoms with Gasteiger partial charge in [-0.3, -0.25) is 9.59 Å². The quantitative estimate of drug-likeness (QED) is 0.0320. The largest absolute Gasteiger partial charge is 0.466 e. The molecule has 3 N–H and O–H groups in total. The molecule has 0 aromatic rings. The maximum absolute atomic E-state index is 12.5. The van der Waals surface area contributed by atoms with Crippen LogP contribution in [0.4, 0.5) is 0 Å². The number of carbonyl (C=O) groups is 2. The molecule has 1 amide bonds. The SMILES string of the molecule is CCCCCCCCCCCCCCCCCCC(O)C(CO)NC(=O)CCCCCCCCCCCCCCCCCCC/C=C\C/C=C\CCCCCCCCCCCCCOC(=O)CCCCCCCCCCCCCCCC. The number of amides is 1. The normalized spacial score (nSPS) is 12.6. The molecule has 0 spiro atoms. The van der Waals surface area contributed by atoms with Gasteiger partial charge in [-0.2, -0.15) is 0 Å². The Morgan fingerprint density at radius 1 is 0.341 bits per heavy atom. The summed E-state index contributed by atoms with van der Waals surface area (Å²) in [7, 11) is 0. The van der Waals surface area contributed by atoms with Crippen LogP contribution in [0, 0.1) is 0 Å². The molecule has 0 radical (unpaired) electrons. The molecule has 0 heterocycles. The molecule has 0 aliphatic rings. The van der Waals surface area contributed by atoms with Crippen molar-refractivity contribution in [2.24, 2.45) is 0 Å². The zero-order chi connectivity index (χ0) is 59.2. The van der Waals surface area contributed by atoms with Crippen LogP contribution in [0.25, 0.3) is 0 Å². The monoisotopic (exact) mass is 1150 g/mol. The van der Waals surface area contributed by atoms with Crippen LogP contribution in [0.3, 0.4) is 0 Å². The van der Waals surface area contributed by atoms with Crippen molar-refractivity contribution in [3.63, 3.8) is 0 Å². The number of hydrogen-bond acceptors (Lipinski definition) is 5. The second-order valence-corrected chi connectivity index (χ2v) is 26.0. The molecule has 2 atom stereocenters. The van der Waals surface area contributed by atoms with Gasteiger partial charge in [0, 0.05) is 12.8 Å². The Morgan fingerprint density at radius 3 is 0.927 bits per heavy atom. The van der Waals surface area contributed by atoms with Gasteiger partial charge in [-0.15, -0.1) is 0 Å². The second-order valence-electron chi connectivity index (χ2n) is 26.0. The Morgan fingerprint density at radius 2 is 0.610 bits per heavy atom. The molecule has 6 nitrogen and oxygen atoms in total. The molecule has 0 aliphatic heterocycles. The van der Waals surface area contributed by atoms with Crippen molar-refractivity contribution in [2.75, 3.05) is 13.2 Å². The standard InChI is InChI=1S/C76H147NO5/c1-3-5-7-9-11-13-15-17-19-41-44-48-52-56-60-64-68-74(79)73(72-78)77-75(80)69-65-61-57-53-49-45-42-39-37-35-33-31-29-27-25-23-21-20-22-24-26-28-30-32-34-36-38-40-43-47-51-55-59-63-67-71-82-76(81)70-66-62-58-54-50-46-18-16-14-12-10-8-6-4-2/h22,24,28,30,73-74,78-79H,3-21,23,25-27,29,31-72H2,1-2H3,(H,77,80)/b24-22-,30-28-. The van der Waals surface area contributed by atoms with Crippen molar-refractivity contribution in [3.05, 3.63) is 24.3 Å². The van der Waals surface area contributed by atoms with E-state index in [0.29, 0.717) is 25.9 Å². The van der Waals surface area contributed by atoms with Gasteiger partial charge in [0.2, 0.25) is 5.91 Å². The summed E-state index contributed by atoms with van der Waals surface area (Å²) in [5.41, 5.74) is 0. The highest BCUT2D eigenvalue weighted by Crippen LogP contribution is 2.19. The van der Waals surface area contributed by atoms with Gasteiger partial charge in [-0.05, 0) is 57.8 Å². The molecule has 2 unspecified atom stereocenters. The Hall–Kier alpha value is -1.66. The number of rotatable bonds is 71. The summed E-state index contributed by atoms with van der Waals surface area (Å²) in [6.07, 6.45) is 91.1. The molecule has 6 heteroatoms. The summed E-state index contributed by atoms with van der Waals surface area (Å²) in [4.78, 5) is 24.6. The van der Waals surface area contributed by atoms with Crippen LogP contribution in [-0.4, -0.2) is 47.4 Å². The van der Waals surface area contributed by atoms with Gasteiger partial charge < -0.3 is 20.3 Å². The lowest BCUT2D eigenvalue weighted by Gasteiger charge is -2.22. The van der Waals surface area contributed by atoms with Gasteiger partial charge >= 0.3 is 5.97 Å². The van der Waals surface area contributed by atoms with E-state index in [2.05, 4.69) is 43.5 Å². The summed E-state index contributed by atoms with van der Waals surface area (Å²) >= 11 is 0. The lowest BCUT2D eigenvalue weighted by atomic mass is 10.0. The van der Waals surface area contributed by atoms with Crippen molar-refractivity contribution in [1.82, 2.24) is 5.32 Å². The zero-order valence-corrected chi connectivity index (χ0v) is 55.8. The molecule has 0 fully saturated rings. The van der Waals surface area contributed by atoms with Gasteiger partial charge in [0.1, 0.15) is 0 Å². The second kappa shape index (κ2) is 71.8. The highest BCUT2D eigenvalue weighted by atomic mass is 16.5. The van der Waals surface area contributed by atoms with Gasteiger partial charge in [0.05, 0.1) is 25.4 Å². The van der Waals surface area contributed by atoms with E-state index in [9.17, 15) is 19.8 Å². The fourth-order valence-corrected chi connectivity index (χ4v) is 12.0. The third-order valence-corrected chi connectivity index (χ3v) is 17.8. The van der Waals surface area contributed by atoms with E-state index in [-0.39, 0.29) is 18.5 Å². The number of allylic oxidation sites excluding steroid dienone is 4. The van der Waals surface area contributed by atoms with Crippen LogP contribution in [-0.2, 0) is 14.3 Å². The number of nitrogens with one attached hydrogen (secondary N) is 1. The summed E-state index contributed by atoms with van der Waals surface area (Å²) in [6, 6.07) is -0.539. The molecule has 0 aliphatic carbocycles. The number of hydrogen-bond donors (Lipinski definition) is 3. The minimum absolute atomic E-state index is 0.0198. The van der Waals surface area contributed by atoms with Crippen LogP contribution < -0.4 is 5.32 Å². The maximum atomic E-state index is 12.5. The summed E-state index contributed by atoms with van der Waals surface area (Å²) in [5.74, 6) is -0.00915. The molecule has 0 aromatic heterocycles. The summed E-state index contributed by atoms with van der Waals surface area (Å²) in [6.45, 7) is 5.00. The predicted molar refractivity (Wildman–Crippen MR) is 361 cm³/mol. The number of ether oxygens (including phenoxy) is 1. The number of esters is 1. The van der Waals surface area contributed by atoms with Crippen molar-refractivity contribution in [3.8, 4) is 0 Å². The fraction of sp³-hybridized carbons (Fsp3) is 0.921. The van der Waals surface area contributed by atoms with Gasteiger partial charge in [-0.25, -0.2) is 0 Å². The topological polar surface area (TPSA) is 95.9 Å². The average molecular weight is 1160 g/mol. The molecular formula is C76H147NO5. The smallest absolute Gasteiger partial charge is 0.305 e. The van der Waals surface area contributed by atoms with Crippen molar-refractivity contribution >= 4 is 11.9 Å². The Labute approximate surface area is 513 Å². The van der Waals surface area contributed by atoms with E-state index in [0.717, 1.165) is 44.9 Å². The van der Waals surface area contributed by atoms with Crippen LogP contribution in [0.1, 0.15) is 425 Å². The van der Waals surface area contributed by atoms with Crippen LogP contribution in [0.5, 0.6) is 0 Å². The first-order valence-corrected chi connectivity index (χ1v) is 37.6. The molecule has 0 saturated carbocycles. The highest BCUT2D eigenvalue weighted by Gasteiger charge is 2.20. The molecule has 0 aromatic carbocycles. The van der Waals surface area contributed by atoms with Crippen LogP contribution in [0.15, 0.2) is 24.3 Å². The van der Waals surface area contributed by atoms with Crippen molar-refractivity contribution in [2.45, 2.75) is 437 Å². The molecule has 486 valence electrons. The Bertz CT molecular complexity index is 1280. The molecular weight excluding hydrogens is 1010 g/mol. The van der Waals surface area contributed by atoms with E-state index in [1.54, 1.807) is 0 Å². The zero-order valence-electron chi connectivity index (χ0n) is 55.8. The van der Waals surface area contributed by atoms with E-state index < -0.39 is 12.1 Å². The first-order valence-electron chi connectivity index (χ1n) is 37.6. The third-order valence-electron chi connectivity index (χ3n) is 17.8. The molecule has 82 heavy (non-hydrogen) atoms. The number of aliphatic hydroxyl groups excluding tert-OH is 2. The third kappa shape index (κ3) is 67.5. The minimum atomic E-state index is -0.662. The fourth-order valence-electron chi connectivity index (χ4n) is 12.0. The van der Waals surface area contributed by atoms with E-state index in [1.165, 1.54) is 347 Å². The van der Waals surface area contributed by atoms with Gasteiger partial charge in [0.15, 0.2) is 0 Å². The maximum Gasteiger partial charge on any atom is 0.305 e. The lowest BCUT2D eigenvalue weighted by Crippen LogP contribution is -2.45. The summed E-state index contributed by atoms with van der Waals surface area (Å²) in [5, 5.41) is 23.4. The van der Waals surface area contributed by atoms with Crippen LogP contribution in [0.2, 0.25) is 0 Å². The number of carbonyl (C=O) groups excluding carboxylic acids is 2. The average Bonchev–Trinajstić information content (AvgIpc) is 3.48. The first-order chi connectivity index (χ1) is 40.5. The predicted octanol–water partition coefficient (Wildman–Crippen LogP) is 24.5. The van der Waals surface area contributed by atoms with E-state index in [1.807, 2.05) is 0 Å². The molecule has 0 saturated heterocycles. The number of aliphatic hydroxyl groups is 2. The van der Waals surface area contributed by atoms with Crippen molar-refractivity contribution in [1.29, 1.82) is 0 Å². The van der Waals surface area contributed by atoms with E-state index in [4.69, 9.17) is 4.74 Å². The van der Waals surface area contributed by atoms with Crippen molar-refractivity contribution < 1.29 is 24.5 Å². The Kier molecular flexibility index (Phi) is 70.4. The van der Waals surface area contributed by atoms with Gasteiger partial charge in [-0.1, -0.05) is 378 Å². The Balaban J connectivity index is 3.36. The van der Waals surface area contributed by atoms with Gasteiger partial charge in [0.25, 0.3) is 0 Å². The minimum Gasteiger partial charge on any atom is -0.466 e. The lowest BCUT2D eigenvalue weighted by molar-refractivity contribution is -0.143. The molecule has 0 rings (SSSR count). The van der Waals surface area contributed by atoms with Crippen LogP contribution >= 0.6 is 0 Å². The first kappa shape index (κ1) is 80.3. The van der Waals surface area contributed by atoms with E-state index >= 15 is 0 Å². The highest BCUT2D eigenvalue weighted by molar-refractivity contribution is 5.76. The molecule has 0 bridgehead atoms.